The fourth-order valence-electron chi connectivity index (χ4n) is 3.67. The van der Waals surface area contributed by atoms with E-state index >= 15 is 0 Å². The molecule has 2 aromatic rings. The highest BCUT2D eigenvalue weighted by Gasteiger charge is 2.27. The molecule has 1 amide bonds. The van der Waals surface area contributed by atoms with Gasteiger partial charge in [0.2, 0.25) is 5.91 Å². The van der Waals surface area contributed by atoms with E-state index in [1.54, 1.807) is 42.5 Å². The molecule has 168 valence electrons. The Hall–Kier alpha value is -2.42. The van der Waals surface area contributed by atoms with E-state index in [1.807, 2.05) is 19.9 Å². The number of aryl methyl sites for hydroxylation is 2. The first-order chi connectivity index (χ1) is 14.9. The third kappa shape index (κ3) is 6.53. The second-order valence-electron chi connectivity index (χ2n) is 7.83. The lowest BCUT2D eigenvalue weighted by molar-refractivity contribution is -0.119. The molecule has 1 heterocycles. The monoisotopic (exact) mass is 445 g/mol. The molecule has 1 fully saturated rings. The summed E-state index contributed by atoms with van der Waals surface area (Å²) in [7, 11) is -3.88. The Kier molecular flexibility index (Phi) is 8.06. The maximum atomic E-state index is 13.4. The zero-order valence-corrected chi connectivity index (χ0v) is 19.0. The molecule has 0 bridgehead atoms. The third-order valence-corrected chi connectivity index (χ3v) is 6.98. The van der Waals surface area contributed by atoms with Crippen molar-refractivity contribution in [1.82, 2.24) is 10.2 Å². The van der Waals surface area contributed by atoms with Crippen molar-refractivity contribution >= 4 is 21.6 Å². The van der Waals surface area contributed by atoms with Crippen LogP contribution in [0.3, 0.4) is 0 Å². The van der Waals surface area contributed by atoms with Crippen molar-refractivity contribution in [3.8, 4) is 0 Å². The van der Waals surface area contributed by atoms with Gasteiger partial charge >= 0.3 is 0 Å². The van der Waals surface area contributed by atoms with Gasteiger partial charge in [0.25, 0.3) is 10.0 Å². The molecule has 1 aliphatic heterocycles. The molecule has 1 saturated heterocycles. The van der Waals surface area contributed by atoms with Gasteiger partial charge in [-0.15, -0.1) is 0 Å². The number of nitrogens with zero attached hydrogens (tertiary/aromatic N) is 2. The molecule has 1 aliphatic rings. The molecule has 0 saturated carbocycles. The summed E-state index contributed by atoms with van der Waals surface area (Å²) in [5.74, 6) is -0.319. The van der Waals surface area contributed by atoms with Crippen molar-refractivity contribution in [3.63, 3.8) is 0 Å². The summed E-state index contributed by atoms with van der Waals surface area (Å²) in [6.07, 6.45) is 0.806. The number of hydrogen-bond donors (Lipinski definition) is 1. The molecule has 0 atom stereocenters. The maximum absolute atomic E-state index is 13.4. The van der Waals surface area contributed by atoms with Crippen LogP contribution in [0.2, 0.25) is 0 Å². The van der Waals surface area contributed by atoms with Crippen LogP contribution in [-0.2, 0) is 19.6 Å². The normalized spacial score (nSPS) is 14.9. The van der Waals surface area contributed by atoms with Gasteiger partial charge in [0.15, 0.2) is 0 Å². The predicted octanol–water partition coefficient (Wildman–Crippen LogP) is 2.34. The van der Waals surface area contributed by atoms with Crippen molar-refractivity contribution in [1.29, 1.82) is 0 Å². The first kappa shape index (κ1) is 23.2. The first-order valence-corrected chi connectivity index (χ1v) is 12.0. The number of carbonyl (C=O) groups is 1. The van der Waals surface area contributed by atoms with Crippen molar-refractivity contribution in [3.05, 3.63) is 59.7 Å². The van der Waals surface area contributed by atoms with Crippen LogP contribution in [0.4, 0.5) is 5.69 Å². The van der Waals surface area contributed by atoms with E-state index in [0.29, 0.717) is 12.2 Å². The number of morpholine rings is 1. The van der Waals surface area contributed by atoms with Crippen LogP contribution in [0.25, 0.3) is 0 Å². The summed E-state index contributed by atoms with van der Waals surface area (Å²) >= 11 is 0. The van der Waals surface area contributed by atoms with Gasteiger partial charge in [-0.2, -0.15) is 0 Å². The summed E-state index contributed by atoms with van der Waals surface area (Å²) in [4.78, 5) is 15.1. The fourth-order valence-corrected chi connectivity index (χ4v) is 5.10. The molecule has 8 heteroatoms. The molecule has 0 unspecified atom stereocenters. The molecule has 7 nitrogen and oxygen atoms in total. The number of sulfonamides is 1. The summed E-state index contributed by atoms with van der Waals surface area (Å²) < 4.78 is 33.2. The largest absolute Gasteiger partial charge is 0.379 e. The van der Waals surface area contributed by atoms with Crippen molar-refractivity contribution in [2.75, 3.05) is 50.2 Å². The molecule has 0 spiro atoms. The topological polar surface area (TPSA) is 79.0 Å². The molecule has 2 aromatic carbocycles. The van der Waals surface area contributed by atoms with Crippen molar-refractivity contribution in [2.24, 2.45) is 0 Å². The van der Waals surface area contributed by atoms with Gasteiger partial charge in [-0.1, -0.05) is 24.3 Å². The second-order valence-corrected chi connectivity index (χ2v) is 9.69. The van der Waals surface area contributed by atoms with Gasteiger partial charge in [-0.05, 0) is 62.2 Å². The van der Waals surface area contributed by atoms with Gasteiger partial charge in [0.1, 0.15) is 6.54 Å². The minimum atomic E-state index is -3.88. The van der Waals surface area contributed by atoms with Gasteiger partial charge in [0.05, 0.1) is 23.8 Å². The maximum Gasteiger partial charge on any atom is 0.264 e. The van der Waals surface area contributed by atoms with Crippen LogP contribution < -0.4 is 9.62 Å². The highest BCUT2D eigenvalue weighted by molar-refractivity contribution is 7.92. The first-order valence-electron chi connectivity index (χ1n) is 10.6. The average molecular weight is 446 g/mol. The number of anilines is 1. The number of nitrogens with one attached hydrogen (secondary N) is 1. The lowest BCUT2D eigenvalue weighted by Gasteiger charge is -2.27. The van der Waals surface area contributed by atoms with Crippen molar-refractivity contribution < 1.29 is 17.9 Å². The average Bonchev–Trinajstić information content (AvgIpc) is 2.75. The minimum absolute atomic E-state index is 0.161. The van der Waals surface area contributed by atoms with Gasteiger partial charge in [-0.3, -0.25) is 14.0 Å². The Labute approximate surface area is 185 Å². The Morgan fingerprint density at radius 2 is 1.71 bits per heavy atom. The predicted molar refractivity (Wildman–Crippen MR) is 122 cm³/mol. The molecule has 0 radical (unpaired) electrons. The highest BCUT2D eigenvalue weighted by Crippen LogP contribution is 2.25. The van der Waals surface area contributed by atoms with Gasteiger partial charge < -0.3 is 10.1 Å². The number of ether oxygens (including phenoxy) is 1. The van der Waals surface area contributed by atoms with Gasteiger partial charge in [-0.25, -0.2) is 8.42 Å². The summed E-state index contributed by atoms with van der Waals surface area (Å²) in [5.41, 5.74) is 2.37. The standard InChI is InChI=1S/C23H31N3O4S/c1-19-15-20(2)17-21(16-19)26(31(28,29)22-7-4-3-5-8-22)18-23(27)24-9-6-10-25-11-13-30-14-12-25/h3-5,7-8,15-17H,6,9-14,18H2,1-2H3,(H,24,27). The molecular formula is C23H31N3O4S. The van der Waals surface area contributed by atoms with Crippen LogP contribution in [0.1, 0.15) is 17.5 Å². The second kappa shape index (κ2) is 10.7. The number of carbonyl (C=O) groups excluding carboxylic acids is 1. The van der Waals surface area contributed by atoms with Crippen molar-refractivity contribution in [2.45, 2.75) is 25.2 Å². The van der Waals surface area contributed by atoms with Crippen LogP contribution in [0, 0.1) is 13.8 Å². The molecule has 31 heavy (non-hydrogen) atoms. The SMILES string of the molecule is Cc1cc(C)cc(N(CC(=O)NCCCN2CCOCC2)S(=O)(=O)c2ccccc2)c1. The summed E-state index contributed by atoms with van der Waals surface area (Å²) in [6, 6.07) is 13.8. The molecule has 0 aromatic heterocycles. The lowest BCUT2D eigenvalue weighted by atomic mass is 10.1. The molecule has 1 N–H and O–H groups in total. The number of rotatable bonds is 9. The minimum Gasteiger partial charge on any atom is -0.379 e. The van der Waals surface area contributed by atoms with Crippen LogP contribution in [0.15, 0.2) is 53.4 Å². The van der Waals surface area contributed by atoms with E-state index in [0.717, 1.165) is 50.4 Å². The van der Waals surface area contributed by atoms with Crippen LogP contribution in [-0.4, -0.2) is 65.2 Å². The fraction of sp³-hybridized carbons (Fsp3) is 0.435. The third-order valence-electron chi connectivity index (χ3n) is 5.19. The van der Waals surface area contributed by atoms with Crippen LogP contribution >= 0.6 is 0 Å². The highest BCUT2D eigenvalue weighted by atomic mass is 32.2. The Morgan fingerprint density at radius 1 is 1.06 bits per heavy atom. The molecule has 3 rings (SSSR count). The molecule has 0 aliphatic carbocycles. The van der Waals surface area contributed by atoms with E-state index in [4.69, 9.17) is 4.74 Å². The number of benzene rings is 2. The zero-order valence-electron chi connectivity index (χ0n) is 18.2. The molecular weight excluding hydrogens is 414 g/mol. The van der Waals surface area contributed by atoms with Gasteiger partial charge in [0, 0.05) is 19.6 Å². The Morgan fingerprint density at radius 3 is 2.35 bits per heavy atom. The van der Waals surface area contributed by atoms with E-state index < -0.39 is 10.0 Å². The zero-order chi connectivity index (χ0) is 22.3. The van der Waals surface area contributed by atoms with E-state index in [9.17, 15) is 13.2 Å². The number of hydrogen-bond acceptors (Lipinski definition) is 5. The summed E-state index contributed by atoms with van der Waals surface area (Å²) in [6.45, 7) is 8.24. The number of amides is 1. The lowest BCUT2D eigenvalue weighted by Crippen LogP contribution is -2.42. The van der Waals surface area contributed by atoms with Crippen LogP contribution in [0.5, 0.6) is 0 Å². The Balaban J connectivity index is 1.70. The summed E-state index contributed by atoms with van der Waals surface area (Å²) in [5, 5.41) is 2.87. The Bertz CT molecular complexity index is 953. The quantitative estimate of drug-likeness (QED) is 0.600. The van der Waals surface area contributed by atoms with E-state index in [1.165, 1.54) is 4.31 Å². The smallest absolute Gasteiger partial charge is 0.264 e. The van der Waals surface area contributed by atoms with E-state index in [-0.39, 0.29) is 17.3 Å². The van der Waals surface area contributed by atoms with E-state index in [2.05, 4.69) is 10.2 Å².